The first-order valence-corrected chi connectivity index (χ1v) is 13.6. The number of carbonyl (C=O) groups is 1. The van der Waals surface area contributed by atoms with Gasteiger partial charge in [-0.1, -0.05) is 5.16 Å². The summed E-state index contributed by atoms with van der Waals surface area (Å²) in [5, 5.41) is 9.33. The Morgan fingerprint density at radius 3 is 2.59 bits per heavy atom. The summed E-state index contributed by atoms with van der Waals surface area (Å²) in [6.07, 6.45) is 3.06. The molecule has 2 aliphatic rings. The van der Waals surface area contributed by atoms with E-state index in [9.17, 15) is 13.2 Å². The highest BCUT2D eigenvalue weighted by Gasteiger charge is 2.35. The van der Waals surface area contributed by atoms with Crippen LogP contribution in [0.4, 0.5) is 5.13 Å². The molecule has 0 unspecified atom stereocenters. The van der Waals surface area contributed by atoms with Crippen molar-refractivity contribution in [3.63, 3.8) is 0 Å². The highest BCUT2D eigenvalue weighted by molar-refractivity contribution is 7.89. The first-order valence-electron chi connectivity index (χ1n) is 10.5. The van der Waals surface area contributed by atoms with Crippen molar-refractivity contribution in [3.05, 3.63) is 27.9 Å². The summed E-state index contributed by atoms with van der Waals surface area (Å²) in [4.78, 5) is 22.9. The summed E-state index contributed by atoms with van der Waals surface area (Å²) in [6.45, 7) is 4.27. The quantitative estimate of drug-likeness (QED) is 0.555. The molecule has 3 aromatic heterocycles. The molecule has 5 rings (SSSR count). The third-order valence-corrected chi connectivity index (χ3v) is 9.83. The minimum absolute atomic E-state index is 0.103. The standard InChI is InChI=1S/C20H23N5O4S3/c1-11-10-30-20(21-11)23-18(26)13-5-7-25(8-6-13)32(27,28)16-9-15(31-12(16)2)17-22-19(29-24-17)14-3-4-14/h9-10,13-14H,3-8H2,1-2H3,(H,21,23,26). The fourth-order valence-electron chi connectivity index (χ4n) is 3.78. The van der Waals surface area contributed by atoms with Crippen LogP contribution in [0.5, 0.6) is 0 Å². The normalized spacial score (nSPS) is 18.2. The Morgan fingerprint density at radius 1 is 1.19 bits per heavy atom. The van der Waals surface area contributed by atoms with E-state index in [1.54, 1.807) is 13.0 Å². The SMILES string of the molecule is Cc1csc(NC(=O)C2CCN(S(=O)(=O)c3cc(-c4noc(C5CC5)n4)sc3C)CC2)n1. The Labute approximate surface area is 193 Å². The lowest BCUT2D eigenvalue weighted by Crippen LogP contribution is -2.41. The molecule has 2 fully saturated rings. The van der Waals surface area contributed by atoms with Gasteiger partial charge in [-0.25, -0.2) is 13.4 Å². The Balaban J connectivity index is 1.26. The molecule has 0 radical (unpaired) electrons. The molecule has 170 valence electrons. The third kappa shape index (κ3) is 4.24. The number of aromatic nitrogens is 3. The number of carbonyl (C=O) groups excluding carboxylic acids is 1. The van der Waals surface area contributed by atoms with E-state index >= 15 is 0 Å². The number of rotatable bonds is 6. The van der Waals surface area contributed by atoms with Gasteiger partial charge in [0.15, 0.2) is 5.13 Å². The molecule has 12 heteroatoms. The van der Waals surface area contributed by atoms with E-state index in [4.69, 9.17) is 4.52 Å². The third-order valence-electron chi connectivity index (χ3n) is 5.75. The number of thiazole rings is 1. The van der Waals surface area contributed by atoms with E-state index < -0.39 is 10.0 Å². The monoisotopic (exact) mass is 493 g/mol. The predicted molar refractivity (Wildman–Crippen MR) is 121 cm³/mol. The number of piperidine rings is 1. The van der Waals surface area contributed by atoms with Crippen molar-refractivity contribution in [2.75, 3.05) is 18.4 Å². The van der Waals surface area contributed by atoms with Crippen LogP contribution in [0.25, 0.3) is 10.7 Å². The second-order valence-electron chi connectivity index (χ2n) is 8.22. The van der Waals surface area contributed by atoms with Crippen molar-refractivity contribution in [3.8, 4) is 10.7 Å². The van der Waals surface area contributed by atoms with Gasteiger partial charge in [0.2, 0.25) is 27.6 Å². The van der Waals surface area contributed by atoms with Crippen molar-refractivity contribution in [2.45, 2.75) is 50.3 Å². The molecule has 4 heterocycles. The molecular formula is C20H23N5O4S3. The maximum atomic E-state index is 13.3. The second kappa shape index (κ2) is 8.32. The molecule has 9 nitrogen and oxygen atoms in total. The maximum Gasteiger partial charge on any atom is 0.244 e. The second-order valence-corrected chi connectivity index (χ2v) is 12.2. The molecule has 0 atom stereocenters. The van der Waals surface area contributed by atoms with Crippen LogP contribution in [0.2, 0.25) is 0 Å². The topological polar surface area (TPSA) is 118 Å². The van der Waals surface area contributed by atoms with Crippen LogP contribution in [0, 0.1) is 19.8 Å². The zero-order valence-corrected chi connectivity index (χ0v) is 20.1. The molecule has 32 heavy (non-hydrogen) atoms. The van der Waals surface area contributed by atoms with Gasteiger partial charge in [-0.3, -0.25) is 4.79 Å². The number of amides is 1. The summed E-state index contributed by atoms with van der Waals surface area (Å²) in [7, 11) is -3.67. The molecule has 1 aliphatic heterocycles. The van der Waals surface area contributed by atoms with Crippen molar-refractivity contribution >= 4 is 43.7 Å². The molecule has 0 bridgehead atoms. The minimum Gasteiger partial charge on any atom is -0.339 e. The largest absolute Gasteiger partial charge is 0.339 e. The van der Waals surface area contributed by atoms with E-state index in [0.717, 1.165) is 18.5 Å². The lowest BCUT2D eigenvalue weighted by atomic mass is 9.97. The Morgan fingerprint density at radius 2 is 1.94 bits per heavy atom. The van der Waals surface area contributed by atoms with E-state index in [2.05, 4.69) is 20.4 Å². The van der Waals surface area contributed by atoms with Crippen molar-refractivity contribution < 1.29 is 17.7 Å². The van der Waals surface area contributed by atoms with Crippen molar-refractivity contribution in [1.82, 2.24) is 19.4 Å². The van der Waals surface area contributed by atoms with Gasteiger partial charge < -0.3 is 9.84 Å². The summed E-state index contributed by atoms with van der Waals surface area (Å²) < 4.78 is 33.4. The fourth-order valence-corrected chi connectivity index (χ4v) is 7.43. The Hall–Kier alpha value is -2.15. The zero-order chi connectivity index (χ0) is 22.5. The number of thiophene rings is 1. The van der Waals surface area contributed by atoms with Gasteiger partial charge in [0.05, 0.1) is 15.5 Å². The van der Waals surface area contributed by atoms with Gasteiger partial charge in [-0.2, -0.15) is 9.29 Å². The molecule has 0 aromatic carbocycles. The van der Waals surface area contributed by atoms with Gasteiger partial charge in [-0.15, -0.1) is 22.7 Å². The van der Waals surface area contributed by atoms with Crippen LogP contribution in [-0.2, 0) is 14.8 Å². The average Bonchev–Trinajstić information content (AvgIpc) is 3.15. The Kier molecular flexibility index (Phi) is 5.64. The first kappa shape index (κ1) is 21.7. The van der Waals surface area contributed by atoms with Crippen LogP contribution in [-0.4, -0.2) is 46.8 Å². The summed E-state index contributed by atoms with van der Waals surface area (Å²) in [6, 6.07) is 1.64. The average molecular weight is 494 g/mol. The van der Waals surface area contributed by atoms with Crippen LogP contribution in [0.15, 0.2) is 20.9 Å². The molecule has 1 amide bonds. The van der Waals surface area contributed by atoms with Gasteiger partial charge in [0.1, 0.15) is 0 Å². The van der Waals surface area contributed by atoms with Gasteiger partial charge in [-0.05, 0) is 45.6 Å². The van der Waals surface area contributed by atoms with Gasteiger partial charge >= 0.3 is 0 Å². The molecule has 1 N–H and O–H groups in total. The lowest BCUT2D eigenvalue weighted by Gasteiger charge is -2.30. The summed E-state index contributed by atoms with van der Waals surface area (Å²) in [5.41, 5.74) is 0.862. The molecule has 0 spiro atoms. The van der Waals surface area contributed by atoms with E-state index in [1.165, 1.54) is 27.0 Å². The number of aryl methyl sites for hydroxylation is 2. The van der Waals surface area contributed by atoms with Crippen LogP contribution < -0.4 is 5.32 Å². The van der Waals surface area contributed by atoms with Crippen molar-refractivity contribution in [2.24, 2.45) is 5.92 Å². The molecule has 1 saturated carbocycles. The molecule has 3 aromatic rings. The van der Waals surface area contributed by atoms with Gasteiger partial charge in [0.25, 0.3) is 0 Å². The number of hydrogen-bond acceptors (Lipinski definition) is 9. The number of sulfonamides is 1. The fraction of sp³-hybridized carbons (Fsp3) is 0.500. The number of hydrogen-bond donors (Lipinski definition) is 1. The lowest BCUT2D eigenvalue weighted by molar-refractivity contribution is -0.120. The molecule has 1 aliphatic carbocycles. The van der Waals surface area contributed by atoms with E-state index in [1.807, 2.05) is 12.3 Å². The number of nitrogens with one attached hydrogen (secondary N) is 1. The zero-order valence-electron chi connectivity index (χ0n) is 17.7. The number of anilines is 1. The van der Waals surface area contributed by atoms with Crippen LogP contribution >= 0.6 is 22.7 Å². The van der Waals surface area contributed by atoms with Crippen LogP contribution in [0.1, 0.15) is 48.1 Å². The van der Waals surface area contributed by atoms with Gasteiger partial charge in [0, 0.05) is 35.2 Å². The minimum atomic E-state index is -3.67. The predicted octanol–water partition coefficient (Wildman–Crippen LogP) is 3.79. The number of nitrogens with zero attached hydrogens (tertiary/aromatic N) is 4. The molecule has 1 saturated heterocycles. The van der Waals surface area contributed by atoms with Crippen molar-refractivity contribution in [1.29, 1.82) is 0 Å². The summed E-state index contributed by atoms with van der Waals surface area (Å²) in [5.74, 6) is 1.08. The Bertz CT molecular complexity index is 1250. The van der Waals surface area contributed by atoms with E-state index in [-0.39, 0.29) is 16.7 Å². The highest BCUT2D eigenvalue weighted by atomic mass is 32.2. The highest BCUT2D eigenvalue weighted by Crippen LogP contribution is 2.41. The molecular weight excluding hydrogens is 470 g/mol. The summed E-state index contributed by atoms with van der Waals surface area (Å²) >= 11 is 2.74. The van der Waals surface area contributed by atoms with E-state index in [0.29, 0.717) is 58.5 Å². The van der Waals surface area contributed by atoms with Crippen LogP contribution in [0.3, 0.4) is 0 Å². The maximum absolute atomic E-state index is 13.3. The first-order chi connectivity index (χ1) is 15.3. The smallest absolute Gasteiger partial charge is 0.244 e.